The average molecular weight is 371 g/mol. The summed E-state index contributed by atoms with van der Waals surface area (Å²) in [4.78, 5) is 0. The molecule has 0 spiro atoms. The lowest BCUT2D eigenvalue weighted by molar-refractivity contribution is 0.140. The molecule has 0 amide bonds. The van der Waals surface area contributed by atoms with Crippen LogP contribution in [-0.4, -0.2) is 7.11 Å². The number of rotatable bonds is 9. The summed E-state index contributed by atoms with van der Waals surface area (Å²) < 4.78 is 5.26. The highest BCUT2D eigenvalue weighted by atomic mass is 16.5. The fraction of sp³-hybridized carbons (Fsp3) is 0.769. The lowest BCUT2D eigenvalue weighted by Gasteiger charge is -2.38. The van der Waals surface area contributed by atoms with Gasteiger partial charge in [-0.1, -0.05) is 70.4 Å². The molecule has 0 bridgehead atoms. The summed E-state index contributed by atoms with van der Waals surface area (Å²) in [5, 5.41) is 0. The van der Waals surface area contributed by atoms with Gasteiger partial charge < -0.3 is 4.74 Å². The van der Waals surface area contributed by atoms with E-state index < -0.39 is 0 Å². The van der Waals surface area contributed by atoms with Gasteiger partial charge in [0.2, 0.25) is 0 Å². The van der Waals surface area contributed by atoms with Crippen LogP contribution in [0.5, 0.6) is 5.75 Å². The largest absolute Gasteiger partial charge is 0.497 e. The Kier molecular flexibility index (Phi) is 8.55. The van der Waals surface area contributed by atoms with Gasteiger partial charge in [0.15, 0.2) is 0 Å². The number of hydrogen-bond donors (Lipinski definition) is 0. The van der Waals surface area contributed by atoms with E-state index in [0.29, 0.717) is 0 Å². The van der Waals surface area contributed by atoms with Crippen LogP contribution in [0.25, 0.3) is 0 Å². The van der Waals surface area contributed by atoms with Crippen LogP contribution in [0.2, 0.25) is 0 Å². The molecule has 0 saturated heterocycles. The van der Waals surface area contributed by atoms with E-state index in [1.54, 1.807) is 7.11 Å². The fourth-order valence-corrected chi connectivity index (χ4v) is 5.74. The fourth-order valence-electron chi connectivity index (χ4n) is 5.74. The summed E-state index contributed by atoms with van der Waals surface area (Å²) in [5.74, 6) is 5.12. The third-order valence-corrected chi connectivity index (χ3v) is 7.67. The average Bonchev–Trinajstić information content (AvgIpc) is 2.74. The van der Waals surface area contributed by atoms with Gasteiger partial charge in [-0.2, -0.15) is 0 Å². The smallest absolute Gasteiger partial charge is 0.118 e. The van der Waals surface area contributed by atoms with Gasteiger partial charge in [0.05, 0.1) is 7.11 Å². The summed E-state index contributed by atoms with van der Waals surface area (Å²) in [7, 11) is 1.74. The van der Waals surface area contributed by atoms with Crippen LogP contribution in [0.1, 0.15) is 96.0 Å². The second kappa shape index (κ2) is 11.1. The van der Waals surface area contributed by atoms with Gasteiger partial charge in [0, 0.05) is 0 Å². The molecular formula is C26H42O. The lowest BCUT2D eigenvalue weighted by atomic mass is 9.68. The molecule has 152 valence electrons. The van der Waals surface area contributed by atoms with Crippen LogP contribution in [-0.2, 0) is 6.42 Å². The third-order valence-electron chi connectivity index (χ3n) is 7.67. The molecule has 1 aromatic rings. The number of unbranched alkanes of at least 4 members (excludes halogenated alkanes) is 2. The SMILES string of the molecule is CCCCC[C@H]1CC[C@H](C2CCC(CCc3ccc(OC)cc3)CC2)CC1. The first-order valence-electron chi connectivity index (χ1n) is 11.9. The van der Waals surface area contributed by atoms with Crippen molar-refractivity contribution >= 4 is 0 Å². The van der Waals surface area contributed by atoms with Crippen LogP contribution < -0.4 is 4.74 Å². The predicted molar refractivity (Wildman–Crippen MR) is 116 cm³/mol. The van der Waals surface area contributed by atoms with E-state index in [4.69, 9.17) is 4.74 Å². The van der Waals surface area contributed by atoms with E-state index in [1.165, 1.54) is 95.5 Å². The number of ether oxygens (including phenoxy) is 1. The van der Waals surface area contributed by atoms with Gasteiger partial charge in [-0.05, 0) is 79.9 Å². The zero-order chi connectivity index (χ0) is 18.9. The summed E-state index contributed by atoms with van der Waals surface area (Å²) in [5.41, 5.74) is 1.47. The monoisotopic (exact) mass is 370 g/mol. The van der Waals surface area contributed by atoms with E-state index >= 15 is 0 Å². The predicted octanol–water partition coefficient (Wildman–Crippen LogP) is 7.82. The van der Waals surface area contributed by atoms with Crippen molar-refractivity contribution in [2.45, 2.75) is 96.8 Å². The molecular weight excluding hydrogens is 328 g/mol. The van der Waals surface area contributed by atoms with Gasteiger partial charge in [0.1, 0.15) is 5.75 Å². The van der Waals surface area contributed by atoms with Crippen molar-refractivity contribution in [3.63, 3.8) is 0 Å². The molecule has 0 unspecified atom stereocenters. The van der Waals surface area contributed by atoms with E-state index in [2.05, 4.69) is 31.2 Å². The molecule has 2 aliphatic carbocycles. The minimum absolute atomic E-state index is 0.966. The third kappa shape index (κ3) is 6.54. The minimum Gasteiger partial charge on any atom is -0.497 e. The van der Waals surface area contributed by atoms with Crippen molar-refractivity contribution < 1.29 is 4.74 Å². The quantitative estimate of drug-likeness (QED) is 0.402. The van der Waals surface area contributed by atoms with Crippen LogP contribution in [0.15, 0.2) is 24.3 Å². The molecule has 27 heavy (non-hydrogen) atoms. The van der Waals surface area contributed by atoms with Gasteiger partial charge in [-0.25, -0.2) is 0 Å². The molecule has 1 heteroatoms. The molecule has 0 heterocycles. The molecule has 0 aliphatic heterocycles. The summed E-state index contributed by atoms with van der Waals surface area (Å²) in [6.07, 6.45) is 20.6. The molecule has 0 N–H and O–H groups in total. The van der Waals surface area contributed by atoms with Gasteiger partial charge in [-0.3, -0.25) is 0 Å². The van der Waals surface area contributed by atoms with Crippen molar-refractivity contribution in [3.05, 3.63) is 29.8 Å². The Morgan fingerprint density at radius 1 is 0.741 bits per heavy atom. The highest BCUT2D eigenvalue weighted by Crippen LogP contribution is 2.43. The number of aryl methyl sites for hydroxylation is 1. The zero-order valence-electron chi connectivity index (χ0n) is 17.9. The standard InChI is InChI=1S/C26H42O/c1-3-4-5-6-21-9-15-24(16-10-21)25-17-11-22(12-18-25)7-8-23-13-19-26(27-2)20-14-23/h13-14,19-22,24-25H,3-12,15-18H2,1-2H3/t21-,22?,24-,25?. The van der Waals surface area contributed by atoms with Gasteiger partial charge >= 0.3 is 0 Å². The number of hydrogen-bond acceptors (Lipinski definition) is 1. The van der Waals surface area contributed by atoms with Crippen LogP contribution in [0, 0.1) is 23.7 Å². The van der Waals surface area contributed by atoms with Crippen molar-refractivity contribution in [1.82, 2.24) is 0 Å². The molecule has 0 aromatic heterocycles. The summed E-state index contributed by atoms with van der Waals surface area (Å²) >= 11 is 0. The maximum Gasteiger partial charge on any atom is 0.118 e. The van der Waals surface area contributed by atoms with Crippen molar-refractivity contribution in [2.75, 3.05) is 7.11 Å². The molecule has 2 saturated carbocycles. The number of methoxy groups -OCH3 is 1. The second-order valence-electron chi connectivity index (χ2n) is 9.44. The van der Waals surface area contributed by atoms with Crippen molar-refractivity contribution in [1.29, 1.82) is 0 Å². The highest BCUT2D eigenvalue weighted by molar-refractivity contribution is 5.27. The summed E-state index contributed by atoms with van der Waals surface area (Å²) in [6.45, 7) is 2.32. The Labute approximate surface area is 168 Å². The normalized spacial score (nSPS) is 28.8. The minimum atomic E-state index is 0.966. The molecule has 0 atom stereocenters. The van der Waals surface area contributed by atoms with E-state index in [1.807, 2.05) is 0 Å². The van der Waals surface area contributed by atoms with Crippen LogP contribution in [0.3, 0.4) is 0 Å². The Hall–Kier alpha value is -0.980. The first kappa shape index (κ1) is 20.7. The molecule has 1 aromatic carbocycles. The Morgan fingerprint density at radius 2 is 1.30 bits per heavy atom. The molecule has 2 aliphatic rings. The van der Waals surface area contributed by atoms with Crippen LogP contribution >= 0.6 is 0 Å². The molecule has 0 radical (unpaired) electrons. The van der Waals surface area contributed by atoms with Gasteiger partial charge in [0.25, 0.3) is 0 Å². The Balaban J connectivity index is 1.32. The topological polar surface area (TPSA) is 9.23 Å². The summed E-state index contributed by atoms with van der Waals surface area (Å²) in [6, 6.07) is 8.68. The van der Waals surface area contributed by atoms with Gasteiger partial charge in [-0.15, -0.1) is 0 Å². The van der Waals surface area contributed by atoms with E-state index in [0.717, 1.165) is 29.4 Å². The van der Waals surface area contributed by atoms with E-state index in [9.17, 15) is 0 Å². The first-order chi connectivity index (χ1) is 13.3. The van der Waals surface area contributed by atoms with Crippen molar-refractivity contribution in [3.8, 4) is 5.75 Å². The lowest BCUT2D eigenvalue weighted by Crippen LogP contribution is -2.26. The Morgan fingerprint density at radius 3 is 1.81 bits per heavy atom. The van der Waals surface area contributed by atoms with E-state index in [-0.39, 0.29) is 0 Å². The highest BCUT2D eigenvalue weighted by Gasteiger charge is 2.30. The first-order valence-corrected chi connectivity index (χ1v) is 11.9. The maximum atomic E-state index is 5.26. The second-order valence-corrected chi connectivity index (χ2v) is 9.44. The van der Waals surface area contributed by atoms with Crippen molar-refractivity contribution in [2.24, 2.45) is 23.7 Å². The maximum absolute atomic E-state index is 5.26. The zero-order valence-corrected chi connectivity index (χ0v) is 17.9. The number of benzene rings is 1. The Bertz CT molecular complexity index is 504. The molecule has 1 nitrogen and oxygen atoms in total. The van der Waals surface area contributed by atoms with Crippen LogP contribution in [0.4, 0.5) is 0 Å². The molecule has 2 fully saturated rings. The molecule has 3 rings (SSSR count).